The second-order valence-corrected chi connectivity index (χ2v) is 13.9. The zero-order valence-corrected chi connectivity index (χ0v) is 27.5. The lowest BCUT2D eigenvalue weighted by Crippen LogP contribution is -2.46. The molecule has 48 heavy (non-hydrogen) atoms. The summed E-state index contributed by atoms with van der Waals surface area (Å²) in [6.45, 7) is 4.30. The fourth-order valence-corrected chi connectivity index (χ4v) is 8.91. The van der Waals surface area contributed by atoms with Crippen molar-refractivity contribution in [2.45, 2.75) is 50.6 Å². The molecule has 0 spiro atoms. The first-order chi connectivity index (χ1) is 23.6. The van der Waals surface area contributed by atoms with E-state index < -0.39 is 0 Å². The first-order valence-electron chi connectivity index (χ1n) is 17.4. The van der Waals surface area contributed by atoms with E-state index in [4.69, 9.17) is 4.42 Å². The van der Waals surface area contributed by atoms with Gasteiger partial charge in [-0.05, 0) is 54.7 Å². The number of nitrogens with zero attached hydrogens (tertiary/aromatic N) is 6. The summed E-state index contributed by atoms with van der Waals surface area (Å²) in [6, 6.07) is 31.4. The summed E-state index contributed by atoms with van der Waals surface area (Å²) in [5, 5.41) is 2.33. The zero-order valence-electron chi connectivity index (χ0n) is 27.5. The summed E-state index contributed by atoms with van der Waals surface area (Å²) in [6.07, 6.45) is 17.2. The van der Waals surface area contributed by atoms with Gasteiger partial charge < -0.3 is 33.8 Å². The van der Waals surface area contributed by atoms with Crippen molar-refractivity contribution in [2.75, 3.05) is 34.8 Å². The third-order valence-electron chi connectivity index (χ3n) is 11.4. The van der Waals surface area contributed by atoms with E-state index in [-0.39, 0.29) is 24.4 Å². The number of hydrogen-bond acceptors (Lipinski definition) is 7. The molecule has 4 unspecified atom stereocenters. The maximum atomic E-state index is 6.77. The van der Waals surface area contributed by atoms with Crippen LogP contribution in [0.2, 0.25) is 0 Å². The zero-order chi connectivity index (χ0) is 31.9. The molecule has 5 aromatic rings. The number of hydrogen-bond donors (Lipinski definition) is 0. The summed E-state index contributed by atoms with van der Waals surface area (Å²) >= 11 is 0. The summed E-state index contributed by atoms with van der Waals surface area (Å²) in [7, 11) is 2.15. The van der Waals surface area contributed by atoms with Crippen LogP contribution < -0.4 is 14.7 Å². The Balaban J connectivity index is 1.21. The third kappa shape index (κ3) is 4.06. The summed E-state index contributed by atoms with van der Waals surface area (Å²) in [5.41, 5.74) is 9.76. The first-order valence-corrected chi connectivity index (χ1v) is 17.4. The van der Waals surface area contributed by atoms with Crippen LogP contribution in [0.25, 0.3) is 21.9 Å². The molecule has 0 amide bonds. The average molecular weight is 633 g/mol. The molecule has 0 fully saturated rings. The van der Waals surface area contributed by atoms with E-state index in [0.717, 1.165) is 48.9 Å². The fourth-order valence-electron chi connectivity index (χ4n) is 8.91. The van der Waals surface area contributed by atoms with E-state index in [1.807, 2.05) is 0 Å². The van der Waals surface area contributed by atoms with Crippen molar-refractivity contribution in [3.63, 3.8) is 0 Å². The molecule has 4 aromatic carbocycles. The molecule has 7 nitrogen and oxygen atoms in total. The topological polar surface area (TPSA) is 32.6 Å². The van der Waals surface area contributed by atoms with Crippen LogP contribution in [-0.2, 0) is 12.8 Å². The molecule has 0 radical (unpaired) electrons. The predicted octanol–water partition coefficient (Wildman–Crippen LogP) is 7.98. The van der Waals surface area contributed by atoms with Crippen LogP contribution in [0.4, 0.5) is 17.1 Å². The molecule has 1 aromatic heterocycles. The van der Waals surface area contributed by atoms with Crippen LogP contribution in [0.3, 0.4) is 0 Å². The number of anilines is 3. The number of rotatable bonds is 3. The molecule has 7 heterocycles. The van der Waals surface area contributed by atoms with Gasteiger partial charge in [-0.15, -0.1) is 0 Å². The lowest BCUT2D eigenvalue weighted by atomic mass is 9.85. The van der Waals surface area contributed by atoms with Crippen molar-refractivity contribution in [3.05, 3.63) is 139 Å². The fraction of sp³-hybridized carbons (Fsp3) is 0.268. The number of benzene rings is 4. The monoisotopic (exact) mass is 632 g/mol. The Morgan fingerprint density at radius 1 is 0.688 bits per heavy atom. The van der Waals surface area contributed by atoms with Gasteiger partial charge in [0.25, 0.3) is 0 Å². The van der Waals surface area contributed by atoms with Crippen LogP contribution in [0.15, 0.2) is 127 Å². The van der Waals surface area contributed by atoms with Crippen molar-refractivity contribution in [1.82, 2.24) is 14.7 Å². The molecular formula is C41H40N6O. The van der Waals surface area contributed by atoms with Crippen LogP contribution >= 0.6 is 0 Å². The van der Waals surface area contributed by atoms with Gasteiger partial charge in [-0.1, -0.05) is 66.7 Å². The van der Waals surface area contributed by atoms with Gasteiger partial charge in [0.2, 0.25) is 0 Å². The van der Waals surface area contributed by atoms with E-state index in [1.54, 1.807) is 0 Å². The molecular weight excluding hydrogens is 592 g/mol. The van der Waals surface area contributed by atoms with Gasteiger partial charge in [-0.3, -0.25) is 0 Å². The lowest BCUT2D eigenvalue weighted by molar-refractivity contribution is 0.239. The summed E-state index contributed by atoms with van der Waals surface area (Å²) in [4.78, 5) is 15.0. The van der Waals surface area contributed by atoms with Gasteiger partial charge in [0, 0.05) is 91.8 Å². The molecule has 0 aliphatic carbocycles. The Labute approximate surface area is 281 Å². The minimum Gasteiger partial charge on any atom is -0.454 e. The second kappa shape index (κ2) is 10.6. The molecule has 6 aliphatic rings. The normalized spacial score (nSPS) is 24.1. The Hall–Kier alpha value is -5.30. The quantitative estimate of drug-likeness (QED) is 0.199. The van der Waals surface area contributed by atoms with E-state index in [0.29, 0.717) is 0 Å². The standard InChI is InChI=1S/C41H40N6O/c1-28-42(2)20-23-45(28)39-30(16-17-33-32-12-5-8-15-37(32)48-40(33)39)26-34-31-11-4-7-14-36(31)46-24-21-43-18-9-19-44-22-25-47(41(34)44)35-13-6-3-10-29(35)27-38(43)46/h3-8,10-17,20-25,28,34,38,41H,9,18-19,26-27H2,1-2H3. The minimum atomic E-state index is 0.120. The van der Waals surface area contributed by atoms with E-state index in [9.17, 15) is 0 Å². The van der Waals surface area contributed by atoms with Crippen LogP contribution in [0.5, 0.6) is 0 Å². The highest BCUT2D eigenvalue weighted by molar-refractivity contribution is 6.09. The average Bonchev–Trinajstić information content (AvgIpc) is 3.88. The Morgan fingerprint density at radius 2 is 1.44 bits per heavy atom. The second-order valence-electron chi connectivity index (χ2n) is 13.9. The number of para-hydroxylation sites is 3. The van der Waals surface area contributed by atoms with Gasteiger partial charge in [-0.2, -0.15) is 0 Å². The smallest absolute Gasteiger partial charge is 0.159 e. The number of fused-ring (bicyclic) bond motifs is 5. The lowest BCUT2D eigenvalue weighted by Gasteiger charge is -2.42. The highest BCUT2D eigenvalue weighted by atomic mass is 16.3. The van der Waals surface area contributed by atoms with Crippen molar-refractivity contribution >= 4 is 39.0 Å². The summed E-state index contributed by atoms with van der Waals surface area (Å²) in [5.74, 6) is 0.156. The van der Waals surface area contributed by atoms with Gasteiger partial charge in [-0.25, -0.2) is 0 Å². The summed E-state index contributed by atoms with van der Waals surface area (Å²) < 4.78 is 6.77. The molecule has 6 bridgehead atoms. The van der Waals surface area contributed by atoms with E-state index in [2.05, 4.69) is 165 Å². The third-order valence-corrected chi connectivity index (χ3v) is 11.4. The molecule has 0 saturated heterocycles. The van der Waals surface area contributed by atoms with Gasteiger partial charge >= 0.3 is 0 Å². The van der Waals surface area contributed by atoms with Crippen LogP contribution in [-0.4, -0.2) is 53.3 Å². The molecule has 4 atom stereocenters. The maximum Gasteiger partial charge on any atom is 0.159 e. The van der Waals surface area contributed by atoms with Crippen LogP contribution in [0, 0.1) is 0 Å². The molecule has 0 N–H and O–H groups in total. The molecule has 240 valence electrons. The van der Waals surface area contributed by atoms with E-state index in [1.165, 1.54) is 39.1 Å². The van der Waals surface area contributed by atoms with Gasteiger partial charge in [0.05, 0.1) is 5.69 Å². The Morgan fingerprint density at radius 3 is 2.33 bits per heavy atom. The highest BCUT2D eigenvalue weighted by Crippen LogP contribution is 2.47. The molecule has 11 rings (SSSR count). The van der Waals surface area contributed by atoms with Crippen molar-refractivity contribution in [1.29, 1.82) is 0 Å². The van der Waals surface area contributed by atoms with E-state index >= 15 is 0 Å². The van der Waals surface area contributed by atoms with Crippen molar-refractivity contribution in [2.24, 2.45) is 0 Å². The minimum absolute atomic E-state index is 0.120. The predicted molar refractivity (Wildman–Crippen MR) is 194 cm³/mol. The first kappa shape index (κ1) is 27.8. The van der Waals surface area contributed by atoms with Gasteiger partial charge in [0.1, 0.15) is 24.1 Å². The highest BCUT2D eigenvalue weighted by Gasteiger charge is 2.42. The largest absolute Gasteiger partial charge is 0.454 e. The Bertz CT molecular complexity index is 2150. The molecule has 0 saturated carbocycles. The maximum absolute atomic E-state index is 6.77. The molecule has 6 aliphatic heterocycles. The molecule has 7 heteroatoms. The van der Waals surface area contributed by atoms with Gasteiger partial charge in [0.15, 0.2) is 5.58 Å². The Kier molecular flexibility index (Phi) is 6.14. The SMILES string of the molecule is CC1N(C)C=CN1c1c(CC2c3ccccc3N3C=CN4CCCN5C=CN(c6ccccc6CC43)C25)ccc2c1oc1ccccc12. The van der Waals surface area contributed by atoms with Crippen molar-refractivity contribution in [3.8, 4) is 0 Å². The van der Waals surface area contributed by atoms with Crippen LogP contribution in [0.1, 0.15) is 36.0 Å². The number of furan rings is 1. The van der Waals surface area contributed by atoms with Crippen molar-refractivity contribution < 1.29 is 4.42 Å².